The zero-order chi connectivity index (χ0) is 17.4. The number of nitrogens with one attached hydrogen (secondary N) is 1. The number of aromatic nitrogens is 1. The molecule has 2 amide bonds. The van der Waals surface area contributed by atoms with Crippen LogP contribution >= 0.6 is 0 Å². The van der Waals surface area contributed by atoms with Gasteiger partial charge in [0.25, 0.3) is 5.91 Å². The highest BCUT2D eigenvalue weighted by Crippen LogP contribution is 2.33. The molecule has 130 valence electrons. The summed E-state index contributed by atoms with van der Waals surface area (Å²) in [6.07, 6.45) is 0. The van der Waals surface area contributed by atoms with Gasteiger partial charge in [0.2, 0.25) is 5.91 Å². The summed E-state index contributed by atoms with van der Waals surface area (Å²) in [5, 5.41) is 6.56. The Morgan fingerprint density at radius 3 is 2.64 bits per heavy atom. The molecular weight excluding hydrogens is 326 g/mol. The number of likely N-dealkylation sites (tertiary alicyclic amines) is 1. The molecule has 1 saturated heterocycles. The molecule has 2 aliphatic heterocycles. The Bertz CT molecular complexity index is 825. The lowest BCUT2D eigenvalue weighted by Gasteiger charge is -2.37. The highest BCUT2D eigenvalue weighted by atomic mass is 16.6. The number of benzene rings is 1. The van der Waals surface area contributed by atoms with Gasteiger partial charge in [0.05, 0.1) is 5.92 Å². The fraction of sp³-hybridized carbons (Fsp3) is 0.353. The smallest absolute Gasteiger partial charge is 0.276 e. The summed E-state index contributed by atoms with van der Waals surface area (Å²) in [5.41, 5.74) is 0.911. The fourth-order valence-electron chi connectivity index (χ4n) is 2.80. The number of hydrogen-bond acceptors (Lipinski definition) is 6. The van der Waals surface area contributed by atoms with Crippen LogP contribution in [0.4, 0.5) is 5.69 Å². The van der Waals surface area contributed by atoms with E-state index in [1.165, 1.54) is 0 Å². The van der Waals surface area contributed by atoms with Gasteiger partial charge in [0, 0.05) is 30.9 Å². The van der Waals surface area contributed by atoms with Gasteiger partial charge in [-0.05, 0) is 19.1 Å². The third-order valence-electron chi connectivity index (χ3n) is 4.20. The molecular formula is C17H17N3O5. The molecule has 0 atom stereocenters. The molecule has 0 aliphatic carbocycles. The van der Waals surface area contributed by atoms with Crippen LogP contribution in [-0.2, 0) is 4.79 Å². The first kappa shape index (κ1) is 15.5. The van der Waals surface area contributed by atoms with Crippen LogP contribution < -0.4 is 14.8 Å². The Kier molecular flexibility index (Phi) is 3.79. The summed E-state index contributed by atoms with van der Waals surface area (Å²) in [6.45, 7) is 3.47. The Morgan fingerprint density at radius 2 is 1.92 bits per heavy atom. The highest BCUT2D eigenvalue weighted by Gasteiger charge is 2.37. The van der Waals surface area contributed by atoms with Crippen LogP contribution in [0.15, 0.2) is 28.8 Å². The van der Waals surface area contributed by atoms with Gasteiger partial charge in [-0.1, -0.05) is 5.16 Å². The van der Waals surface area contributed by atoms with Crippen molar-refractivity contribution in [1.29, 1.82) is 0 Å². The molecule has 8 nitrogen and oxygen atoms in total. The van der Waals surface area contributed by atoms with Gasteiger partial charge in [-0.2, -0.15) is 0 Å². The molecule has 4 rings (SSSR count). The molecule has 3 heterocycles. The summed E-state index contributed by atoms with van der Waals surface area (Å²) in [5.74, 6) is 1.28. The van der Waals surface area contributed by atoms with E-state index in [4.69, 9.17) is 14.0 Å². The molecule has 1 fully saturated rings. The van der Waals surface area contributed by atoms with Gasteiger partial charge in [-0.15, -0.1) is 0 Å². The van der Waals surface area contributed by atoms with E-state index in [0.717, 1.165) is 0 Å². The van der Waals surface area contributed by atoms with Crippen molar-refractivity contribution >= 4 is 17.5 Å². The van der Waals surface area contributed by atoms with Crippen LogP contribution in [0.3, 0.4) is 0 Å². The molecule has 0 spiro atoms. The summed E-state index contributed by atoms with van der Waals surface area (Å²) in [7, 11) is 0. The first-order chi connectivity index (χ1) is 12.1. The lowest BCUT2D eigenvalue weighted by Crippen LogP contribution is -2.54. The lowest BCUT2D eigenvalue weighted by molar-refractivity contribution is -0.123. The van der Waals surface area contributed by atoms with E-state index in [9.17, 15) is 9.59 Å². The zero-order valence-corrected chi connectivity index (χ0v) is 13.7. The number of amides is 2. The number of hydrogen-bond donors (Lipinski definition) is 1. The van der Waals surface area contributed by atoms with E-state index >= 15 is 0 Å². The Morgan fingerprint density at radius 1 is 1.16 bits per heavy atom. The van der Waals surface area contributed by atoms with Crippen LogP contribution in [0.5, 0.6) is 11.5 Å². The zero-order valence-electron chi connectivity index (χ0n) is 13.7. The third-order valence-corrected chi connectivity index (χ3v) is 4.20. The second kappa shape index (κ2) is 6.12. The van der Waals surface area contributed by atoms with Crippen molar-refractivity contribution in [2.24, 2.45) is 5.92 Å². The minimum Gasteiger partial charge on any atom is -0.486 e. The lowest BCUT2D eigenvalue weighted by atomic mass is 9.98. The minimum absolute atomic E-state index is 0.128. The molecule has 0 bridgehead atoms. The number of nitrogens with zero attached hydrogens (tertiary/aromatic N) is 2. The fourth-order valence-corrected chi connectivity index (χ4v) is 2.80. The van der Waals surface area contributed by atoms with E-state index < -0.39 is 0 Å². The van der Waals surface area contributed by atoms with Crippen molar-refractivity contribution in [2.75, 3.05) is 31.6 Å². The van der Waals surface area contributed by atoms with Crippen LogP contribution in [0.2, 0.25) is 0 Å². The molecule has 1 aromatic heterocycles. The van der Waals surface area contributed by atoms with Gasteiger partial charge < -0.3 is 24.2 Å². The monoisotopic (exact) mass is 343 g/mol. The van der Waals surface area contributed by atoms with Crippen molar-refractivity contribution in [3.05, 3.63) is 35.7 Å². The predicted molar refractivity (Wildman–Crippen MR) is 86.7 cm³/mol. The third kappa shape index (κ3) is 3.02. The largest absolute Gasteiger partial charge is 0.486 e. The van der Waals surface area contributed by atoms with Gasteiger partial charge in [-0.25, -0.2) is 0 Å². The highest BCUT2D eigenvalue weighted by molar-refractivity contribution is 5.97. The Hall–Kier alpha value is -3.03. The normalized spacial score (nSPS) is 16.3. The molecule has 2 aromatic rings. The first-order valence-electron chi connectivity index (χ1n) is 8.03. The van der Waals surface area contributed by atoms with E-state index in [-0.39, 0.29) is 23.4 Å². The Labute approximate surface area is 143 Å². The number of ether oxygens (including phenoxy) is 2. The van der Waals surface area contributed by atoms with Crippen LogP contribution in [-0.4, -0.2) is 48.2 Å². The maximum Gasteiger partial charge on any atom is 0.276 e. The van der Waals surface area contributed by atoms with Crippen LogP contribution in [0.1, 0.15) is 16.2 Å². The van der Waals surface area contributed by atoms with E-state index in [1.54, 1.807) is 36.1 Å². The average molecular weight is 343 g/mol. The molecule has 2 aliphatic rings. The van der Waals surface area contributed by atoms with Crippen molar-refractivity contribution in [1.82, 2.24) is 10.1 Å². The van der Waals surface area contributed by atoms with Crippen LogP contribution in [0.25, 0.3) is 0 Å². The molecule has 8 heteroatoms. The SMILES string of the molecule is Cc1cc(C(=O)N2CC(C(=O)Nc3ccc4c(c3)OCCO4)C2)no1. The van der Waals surface area contributed by atoms with Crippen LogP contribution in [0, 0.1) is 12.8 Å². The number of aryl methyl sites for hydroxylation is 1. The maximum atomic E-state index is 12.3. The van der Waals surface area contributed by atoms with Crippen molar-refractivity contribution in [3.8, 4) is 11.5 Å². The van der Waals surface area contributed by atoms with Gasteiger partial charge in [0.1, 0.15) is 19.0 Å². The minimum atomic E-state index is -0.245. The van der Waals surface area contributed by atoms with Gasteiger partial charge in [0.15, 0.2) is 17.2 Å². The second-order valence-electron chi connectivity index (χ2n) is 6.08. The maximum absolute atomic E-state index is 12.3. The number of fused-ring (bicyclic) bond motifs is 1. The number of rotatable bonds is 3. The Balaban J connectivity index is 1.33. The van der Waals surface area contributed by atoms with E-state index in [2.05, 4.69) is 10.5 Å². The van der Waals surface area contributed by atoms with E-state index in [1.807, 2.05) is 0 Å². The van der Waals surface area contributed by atoms with Gasteiger partial charge >= 0.3 is 0 Å². The number of anilines is 1. The van der Waals surface area contributed by atoms with Gasteiger partial charge in [-0.3, -0.25) is 9.59 Å². The quantitative estimate of drug-likeness (QED) is 0.907. The number of carbonyl (C=O) groups is 2. The van der Waals surface area contributed by atoms with Crippen molar-refractivity contribution in [3.63, 3.8) is 0 Å². The first-order valence-corrected chi connectivity index (χ1v) is 8.03. The molecule has 1 N–H and O–H groups in total. The standard InChI is InChI=1S/C17H17N3O5/c1-10-6-13(19-25-10)17(22)20-8-11(9-20)16(21)18-12-2-3-14-15(7-12)24-5-4-23-14/h2-3,6-7,11H,4-5,8-9H2,1H3,(H,18,21). The molecule has 0 saturated carbocycles. The van der Waals surface area contributed by atoms with E-state index in [0.29, 0.717) is 49.2 Å². The number of carbonyl (C=O) groups excluding carboxylic acids is 2. The molecule has 0 radical (unpaired) electrons. The summed E-state index contributed by atoms with van der Waals surface area (Å²) < 4.78 is 15.9. The molecule has 0 unspecified atom stereocenters. The summed E-state index contributed by atoms with van der Waals surface area (Å²) in [6, 6.07) is 6.87. The second-order valence-corrected chi connectivity index (χ2v) is 6.08. The molecule has 25 heavy (non-hydrogen) atoms. The van der Waals surface area contributed by atoms with Crippen molar-refractivity contribution < 1.29 is 23.6 Å². The topological polar surface area (TPSA) is 93.9 Å². The average Bonchev–Trinajstić information content (AvgIpc) is 3.00. The van der Waals surface area contributed by atoms with Crippen molar-refractivity contribution in [2.45, 2.75) is 6.92 Å². The predicted octanol–water partition coefficient (Wildman–Crippen LogP) is 1.46. The molecule has 1 aromatic carbocycles. The summed E-state index contributed by atoms with van der Waals surface area (Å²) in [4.78, 5) is 26.1. The summed E-state index contributed by atoms with van der Waals surface area (Å²) >= 11 is 0.